The van der Waals surface area contributed by atoms with Crippen LogP contribution in [-0.4, -0.2) is 50.5 Å². The van der Waals surface area contributed by atoms with Crippen LogP contribution in [0, 0.1) is 0 Å². The fourth-order valence-corrected chi connectivity index (χ4v) is 2.89. The fourth-order valence-electron chi connectivity index (χ4n) is 2.89. The predicted octanol–water partition coefficient (Wildman–Crippen LogP) is 0.431. The Bertz CT molecular complexity index is 444. The monoisotopic (exact) mass is 292 g/mol. The lowest BCUT2D eigenvalue weighted by atomic mass is 9.72. The fraction of sp³-hybridized carbons (Fsp3) is 0.562. The predicted molar refractivity (Wildman–Crippen MR) is 81.1 cm³/mol. The molecular weight excluding hydrogens is 268 g/mol. The lowest BCUT2D eigenvalue weighted by molar-refractivity contribution is -0.128. The Kier molecular flexibility index (Phi) is 5.73. The van der Waals surface area contributed by atoms with Gasteiger partial charge in [-0.2, -0.15) is 0 Å². The van der Waals surface area contributed by atoms with Gasteiger partial charge in [0.05, 0.1) is 18.1 Å². The van der Waals surface area contributed by atoms with Gasteiger partial charge in [0.2, 0.25) is 5.91 Å². The second-order valence-corrected chi connectivity index (χ2v) is 5.52. The average molecular weight is 292 g/mol. The minimum atomic E-state index is -0.673. The van der Waals surface area contributed by atoms with Gasteiger partial charge in [-0.1, -0.05) is 30.3 Å². The van der Waals surface area contributed by atoms with Gasteiger partial charge in [0.1, 0.15) is 0 Å². The van der Waals surface area contributed by atoms with E-state index in [2.05, 4.69) is 10.6 Å². The van der Waals surface area contributed by atoms with Crippen LogP contribution in [0.3, 0.4) is 0 Å². The molecule has 0 aliphatic carbocycles. The van der Waals surface area contributed by atoms with Gasteiger partial charge in [-0.05, 0) is 31.5 Å². The van der Waals surface area contributed by atoms with Crippen molar-refractivity contribution in [3.8, 4) is 0 Å². The molecule has 1 aliphatic heterocycles. The van der Waals surface area contributed by atoms with Crippen LogP contribution in [0.5, 0.6) is 0 Å². The van der Waals surface area contributed by atoms with Crippen molar-refractivity contribution >= 4 is 5.91 Å². The van der Waals surface area contributed by atoms with E-state index in [0.717, 1.165) is 31.5 Å². The van der Waals surface area contributed by atoms with Crippen LogP contribution in [0.25, 0.3) is 0 Å². The normalized spacial score (nSPS) is 19.0. The molecule has 3 N–H and O–H groups in total. The minimum Gasteiger partial charge on any atom is -0.389 e. The topological polar surface area (TPSA) is 70.6 Å². The van der Waals surface area contributed by atoms with Gasteiger partial charge in [-0.25, -0.2) is 0 Å². The van der Waals surface area contributed by atoms with Gasteiger partial charge >= 0.3 is 0 Å². The zero-order valence-corrected chi connectivity index (χ0v) is 12.5. The zero-order valence-electron chi connectivity index (χ0n) is 12.5. The third kappa shape index (κ3) is 3.81. The highest BCUT2D eigenvalue weighted by Crippen LogP contribution is 2.33. The molecule has 1 saturated heterocycles. The molecule has 116 valence electrons. The van der Waals surface area contributed by atoms with Gasteiger partial charge in [0.25, 0.3) is 0 Å². The molecule has 5 nitrogen and oxygen atoms in total. The summed E-state index contributed by atoms with van der Waals surface area (Å²) >= 11 is 0. The zero-order chi connectivity index (χ0) is 15.1. The summed E-state index contributed by atoms with van der Waals surface area (Å²) in [5.74, 6) is -0.00893. The van der Waals surface area contributed by atoms with E-state index in [0.29, 0.717) is 0 Å². The third-order valence-corrected chi connectivity index (χ3v) is 4.08. The summed E-state index contributed by atoms with van der Waals surface area (Å²) < 4.78 is 4.88. The molecule has 2 rings (SSSR count). The number of hydrogen-bond donors (Lipinski definition) is 3. The quantitative estimate of drug-likeness (QED) is 0.711. The van der Waals surface area contributed by atoms with Gasteiger partial charge < -0.3 is 20.5 Å². The van der Waals surface area contributed by atoms with Crippen molar-refractivity contribution in [2.24, 2.45) is 0 Å². The van der Waals surface area contributed by atoms with E-state index >= 15 is 0 Å². The number of rotatable bonds is 6. The highest BCUT2D eigenvalue weighted by Gasteiger charge is 2.40. The second-order valence-electron chi connectivity index (χ2n) is 5.52. The summed E-state index contributed by atoms with van der Waals surface area (Å²) in [5, 5.41) is 15.9. The Morgan fingerprint density at radius 1 is 1.38 bits per heavy atom. The van der Waals surface area contributed by atoms with Gasteiger partial charge in [-0.3, -0.25) is 4.79 Å². The summed E-state index contributed by atoms with van der Waals surface area (Å²) in [6, 6.07) is 9.91. The summed E-state index contributed by atoms with van der Waals surface area (Å²) in [7, 11) is 1.53. The Morgan fingerprint density at radius 3 is 2.67 bits per heavy atom. The molecule has 1 fully saturated rings. The summed E-state index contributed by atoms with van der Waals surface area (Å²) in [4.78, 5) is 12.7. The van der Waals surface area contributed by atoms with Crippen molar-refractivity contribution in [1.82, 2.24) is 10.6 Å². The Hall–Kier alpha value is -1.43. The molecule has 1 aromatic carbocycles. The number of nitrogens with one attached hydrogen (secondary N) is 2. The highest BCUT2D eigenvalue weighted by atomic mass is 16.5. The first-order chi connectivity index (χ1) is 10.2. The number of amides is 1. The van der Waals surface area contributed by atoms with Gasteiger partial charge in [-0.15, -0.1) is 0 Å². The molecule has 0 bridgehead atoms. The Balaban J connectivity index is 2.11. The van der Waals surface area contributed by atoms with E-state index in [-0.39, 0.29) is 19.1 Å². The minimum absolute atomic E-state index is 0.00893. The number of carbonyl (C=O) groups excluding carboxylic acids is 1. The van der Waals surface area contributed by atoms with Crippen LogP contribution in [0.2, 0.25) is 0 Å². The summed E-state index contributed by atoms with van der Waals surface area (Å²) in [5.41, 5.74) is 0.546. The van der Waals surface area contributed by atoms with Gasteiger partial charge in [0, 0.05) is 13.7 Å². The lowest BCUT2D eigenvalue weighted by Gasteiger charge is -2.37. The molecule has 0 spiro atoms. The van der Waals surface area contributed by atoms with Crippen molar-refractivity contribution in [2.75, 3.05) is 33.4 Å². The van der Waals surface area contributed by atoms with Crippen LogP contribution in [0.1, 0.15) is 18.4 Å². The first-order valence-electron chi connectivity index (χ1n) is 7.40. The van der Waals surface area contributed by atoms with Crippen molar-refractivity contribution in [1.29, 1.82) is 0 Å². The molecule has 21 heavy (non-hydrogen) atoms. The van der Waals surface area contributed by atoms with E-state index in [1.54, 1.807) is 0 Å². The smallest absolute Gasteiger partial charge is 0.230 e. The van der Waals surface area contributed by atoms with Crippen LogP contribution in [0.4, 0.5) is 0 Å². The highest BCUT2D eigenvalue weighted by molar-refractivity contribution is 5.88. The molecule has 1 atom stereocenters. The van der Waals surface area contributed by atoms with Crippen LogP contribution >= 0.6 is 0 Å². The standard InChI is InChI=1S/C16H24N2O3/c1-21-12-14(19)11-18-15(20)16(7-9-17-10-8-16)13-5-3-2-4-6-13/h2-6,14,17,19H,7-12H2,1H3,(H,18,20). The Labute approximate surface area is 125 Å². The summed E-state index contributed by atoms with van der Waals surface area (Å²) in [6.07, 6.45) is 0.861. The molecule has 5 heteroatoms. The number of ether oxygens (including phenoxy) is 1. The molecule has 1 amide bonds. The third-order valence-electron chi connectivity index (χ3n) is 4.08. The number of aliphatic hydroxyl groups excluding tert-OH is 1. The van der Waals surface area contributed by atoms with Crippen molar-refractivity contribution in [3.63, 3.8) is 0 Å². The number of benzene rings is 1. The number of carbonyl (C=O) groups is 1. The molecule has 1 aliphatic rings. The number of aliphatic hydroxyl groups is 1. The van der Waals surface area contributed by atoms with Gasteiger partial charge in [0.15, 0.2) is 0 Å². The molecule has 1 aromatic rings. The van der Waals surface area contributed by atoms with Crippen molar-refractivity contribution in [3.05, 3.63) is 35.9 Å². The molecule has 1 heterocycles. The molecule has 0 aromatic heterocycles. The number of hydrogen-bond acceptors (Lipinski definition) is 4. The van der Waals surface area contributed by atoms with Crippen molar-refractivity contribution in [2.45, 2.75) is 24.4 Å². The largest absolute Gasteiger partial charge is 0.389 e. The molecular formula is C16H24N2O3. The number of piperidine rings is 1. The SMILES string of the molecule is COCC(O)CNC(=O)C1(c2ccccc2)CCNCC1. The number of methoxy groups -OCH3 is 1. The van der Waals surface area contributed by atoms with E-state index in [4.69, 9.17) is 4.74 Å². The summed E-state index contributed by atoms with van der Waals surface area (Å²) in [6.45, 7) is 2.08. The first-order valence-corrected chi connectivity index (χ1v) is 7.40. The molecule has 0 saturated carbocycles. The van der Waals surface area contributed by atoms with Crippen molar-refractivity contribution < 1.29 is 14.6 Å². The van der Waals surface area contributed by atoms with Crippen LogP contribution in [-0.2, 0) is 14.9 Å². The van der Waals surface area contributed by atoms with Crippen LogP contribution < -0.4 is 10.6 Å². The van der Waals surface area contributed by atoms with Crippen LogP contribution in [0.15, 0.2) is 30.3 Å². The maximum atomic E-state index is 12.7. The lowest BCUT2D eigenvalue weighted by Crippen LogP contribution is -2.52. The van der Waals surface area contributed by atoms with E-state index in [9.17, 15) is 9.90 Å². The first kappa shape index (κ1) is 15.9. The second kappa shape index (κ2) is 7.54. The van der Waals surface area contributed by atoms with E-state index in [1.165, 1.54) is 7.11 Å². The molecule has 0 radical (unpaired) electrons. The maximum Gasteiger partial charge on any atom is 0.230 e. The maximum absolute atomic E-state index is 12.7. The van der Waals surface area contributed by atoms with E-state index in [1.807, 2.05) is 30.3 Å². The average Bonchev–Trinajstić information content (AvgIpc) is 2.54. The van der Waals surface area contributed by atoms with E-state index < -0.39 is 11.5 Å². The molecule has 1 unspecified atom stereocenters. The Morgan fingerprint density at radius 2 is 2.05 bits per heavy atom.